The maximum atomic E-state index is 11.6. The Morgan fingerprint density at radius 1 is 1.35 bits per heavy atom. The third-order valence-corrected chi connectivity index (χ3v) is 4.13. The minimum absolute atomic E-state index is 0.170. The van der Waals surface area contributed by atoms with Crippen LogP contribution in [0.3, 0.4) is 0 Å². The molecule has 2 unspecified atom stereocenters. The Labute approximate surface area is 137 Å². The summed E-state index contributed by atoms with van der Waals surface area (Å²) in [5.41, 5.74) is 5.52. The molecule has 4 N–H and O–H groups in total. The van der Waals surface area contributed by atoms with Crippen molar-refractivity contribution >= 4 is 11.7 Å². The molecule has 0 aliphatic heterocycles. The zero-order valence-electron chi connectivity index (χ0n) is 14.3. The van der Waals surface area contributed by atoms with Gasteiger partial charge in [0.15, 0.2) is 0 Å². The summed E-state index contributed by atoms with van der Waals surface area (Å²) in [6.45, 7) is 6.02. The van der Waals surface area contributed by atoms with Gasteiger partial charge >= 0.3 is 0 Å². The van der Waals surface area contributed by atoms with Gasteiger partial charge in [-0.1, -0.05) is 6.42 Å². The second-order valence-electron chi connectivity index (χ2n) is 7.52. The Bertz CT molecular complexity index is 554. The second-order valence-corrected chi connectivity index (χ2v) is 7.52. The molecule has 6 nitrogen and oxygen atoms in total. The van der Waals surface area contributed by atoms with Crippen molar-refractivity contribution in [3.63, 3.8) is 0 Å². The van der Waals surface area contributed by atoms with E-state index < -0.39 is 5.91 Å². The van der Waals surface area contributed by atoms with E-state index in [9.17, 15) is 9.90 Å². The van der Waals surface area contributed by atoms with Crippen molar-refractivity contribution in [2.45, 2.75) is 70.9 Å². The number of hydrogen-bond acceptors (Lipinski definition) is 5. The molecule has 1 aromatic heterocycles. The van der Waals surface area contributed by atoms with Crippen LogP contribution in [0, 0.1) is 5.92 Å². The molecule has 1 aliphatic rings. The topological polar surface area (TPSA) is 101 Å². The lowest BCUT2D eigenvalue weighted by atomic mass is 9.96. The molecule has 1 fully saturated rings. The van der Waals surface area contributed by atoms with Gasteiger partial charge in [0.1, 0.15) is 11.6 Å². The zero-order chi connectivity index (χ0) is 17.0. The lowest BCUT2D eigenvalue weighted by molar-refractivity contribution is 0.1000. The normalized spacial score (nSPS) is 22.4. The molecule has 0 bridgehead atoms. The van der Waals surface area contributed by atoms with Crippen LogP contribution in [0.5, 0.6) is 0 Å². The summed E-state index contributed by atoms with van der Waals surface area (Å²) in [5, 5.41) is 13.0. The largest absolute Gasteiger partial charge is 0.393 e. The minimum atomic E-state index is -0.527. The summed E-state index contributed by atoms with van der Waals surface area (Å²) in [7, 11) is 0. The highest BCUT2D eigenvalue weighted by Crippen LogP contribution is 2.26. The average molecular weight is 320 g/mol. The van der Waals surface area contributed by atoms with E-state index in [4.69, 9.17) is 5.73 Å². The number of nitrogens with two attached hydrogens (primary N) is 1. The Balaban J connectivity index is 2.16. The van der Waals surface area contributed by atoms with Gasteiger partial charge in [-0.3, -0.25) is 4.79 Å². The molecule has 0 saturated heterocycles. The SMILES string of the molecule is CC(C)(C)Nc1nc(CC2CCCC(O)CC2)ncc1C(N)=O. The smallest absolute Gasteiger partial charge is 0.254 e. The van der Waals surface area contributed by atoms with Crippen LogP contribution in [0.2, 0.25) is 0 Å². The van der Waals surface area contributed by atoms with E-state index in [0.29, 0.717) is 17.3 Å². The molecule has 23 heavy (non-hydrogen) atoms. The molecule has 0 radical (unpaired) electrons. The Morgan fingerprint density at radius 2 is 2.09 bits per heavy atom. The van der Waals surface area contributed by atoms with Gasteiger partial charge in [0.2, 0.25) is 0 Å². The van der Waals surface area contributed by atoms with Gasteiger partial charge in [-0.2, -0.15) is 0 Å². The number of carbonyl (C=O) groups is 1. The Kier molecular flexibility index (Phi) is 5.57. The molecule has 128 valence electrons. The highest BCUT2D eigenvalue weighted by Gasteiger charge is 2.21. The predicted molar refractivity (Wildman–Crippen MR) is 90.2 cm³/mol. The van der Waals surface area contributed by atoms with E-state index in [1.165, 1.54) is 6.20 Å². The molecule has 1 aromatic rings. The molecule has 0 spiro atoms. The monoisotopic (exact) mass is 320 g/mol. The Morgan fingerprint density at radius 3 is 2.74 bits per heavy atom. The molecule has 2 atom stereocenters. The molecule has 0 aromatic carbocycles. The molecule has 6 heteroatoms. The highest BCUT2D eigenvalue weighted by molar-refractivity contribution is 5.97. The molecule has 1 amide bonds. The first-order chi connectivity index (χ1) is 10.7. The number of anilines is 1. The molecule has 1 aliphatic carbocycles. The maximum Gasteiger partial charge on any atom is 0.254 e. The third-order valence-electron chi connectivity index (χ3n) is 4.13. The Hall–Kier alpha value is -1.69. The molecule has 1 saturated carbocycles. The van der Waals surface area contributed by atoms with E-state index >= 15 is 0 Å². The lowest BCUT2D eigenvalue weighted by Crippen LogP contribution is -2.29. The number of amides is 1. The number of nitrogens with zero attached hydrogens (tertiary/aromatic N) is 2. The van der Waals surface area contributed by atoms with E-state index in [-0.39, 0.29) is 11.6 Å². The van der Waals surface area contributed by atoms with Crippen LogP contribution < -0.4 is 11.1 Å². The third kappa shape index (κ3) is 5.46. The van der Waals surface area contributed by atoms with Crippen molar-refractivity contribution in [2.24, 2.45) is 11.7 Å². The maximum absolute atomic E-state index is 11.6. The standard InChI is InChI=1S/C17H28N4O2/c1-17(2,3)21-16-13(15(18)23)10-19-14(20-16)9-11-5-4-6-12(22)8-7-11/h10-12,22H,4-9H2,1-3H3,(H2,18,23)(H,19,20,21). The van der Waals surface area contributed by atoms with E-state index in [1.54, 1.807) is 0 Å². The van der Waals surface area contributed by atoms with Crippen molar-refractivity contribution in [2.75, 3.05) is 5.32 Å². The quantitative estimate of drug-likeness (QED) is 0.739. The fraction of sp³-hybridized carbons (Fsp3) is 0.706. The van der Waals surface area contributed by atoms with Crippen molar-refractivity contribution < 1.29 is 9.90 Å². The number of hydrogen-bond donors (Lipinski definition) is 3. The van der Waals surface area contributed by atoms with Crippen LogP contribution in [-0.2, 0) is 6.42 Å². The fourth-order valence-electron chi connectivity index (χ4n) is 2.97. The summed E-state index contributed by atoms with van der Waals surface area (Å²) in [6, 6.07) is 0. The zero-order valence-corrected chi connectivity index (χ0v) is 14.3. The summed E-state index contributed by atoms with van der Waals surface area (Å²) >= 11 is 0. The van der Waals surface area contributed by atoms with Crippen LogP contribution in [0.1, 0.15) is 69.1 Å². The highest BCUT2D eigenvalue weighted by atomic mass is 16.3. The number of rotatable bonds is 4. The van der Waals surface area contributed by atoms with Gasteiger partial charge in [-0.25, -0.2) is 9.97 Å². The van der Waals surface area contributed by atoms with E-state index in [0.717, 1.165) is 44.3 Å². The van der Waals surface area contributed by atoms with Gasteiger partial charge < -0.3 is 16.2 Å². The number of primary amides is 1. The van der Waals surface area contributed by atoms with Crippen molar-refractivity contribution in [1.82, 2.24) is 9.97 Å². The van der Waals surface area contributed by atoms with Gasteiger partial charge in [0.25, 0.3) is 5.91 Å². The molecular weight excluding hydrogens is 292 g/mol. The van der Waals surface area contributed by atoms with Gasteiger partial charge in [-0.05, 0) is 52.4 Å². The van der Waals surface area contributed by atoms with Gasteiger partial charge in [-0.15, -0.1) is 0 Å². The van der Waals surface area contributed by atoms with Gasteiger partial charge in [0, 0.05) is 18.2 Å². The van der Waals surface area contributed by atoms with E-state index in [1.807, 2.05) is 20.8 Å². The van der Waals surface area contributed by atoms with Crippen LogP contribution in [0.25, 0.3) is 0 Å². The van der Waals surface area contributed by atoms with Crippen LogP contribution in [-0.4, -0.2) is 32.6 Å². The first-order valence-corrected chi connectivity index (χ1v) is 8.36. The number of aliphatic hydroxyl groups excluding tert-OH is 1. The minimum Gasteiger partial charge on any atom is -0.393 e. The van der Waals surface area contributed by atoms with Crippen molar-refractivity contribution in [3.8, 4) is 0 Å². The molecule has 2 rings (SSSR count). The lowest BCUT2D eigenvalue weighted by Gasteiger charge is -2.23. The van der Waals surface area contributed by atoms with E-state index in [2.05, 4.69) is 15.3 Å². The first-order valence-electron chi connectivity index (χ1n) is 8.36. The van der Waals surface area contributed by atoms with Crippen molar-refractivity contribution in [1.29, 1.82) is 0 Å². The number of aliphatic hydroxyl groups is 1. The number of aromatic nitrogens is 2. The first kappa shape index (κ1) is 17.7. The number of nitrogens with one attached hydrogen (secondary N) is 1. The summed E-state index contributed by atoms with van der Waals surface area (Å²) < 4.78 is 0. The molecular formula is C17H28N4O2. The second kappa shape index (κ2) is 7.25. The van der Waals surface area contributed by atoms with Crippen molar-refractivity contribution in [3.05, 3.63) is 17.6 Å². The number of carbonyl (C=O) groups excluding carboxylic acids is 1. The fourth-order valence-corrected chi connectivity index (χ4v) is 2.97. The van der Waals surface area contributed by atoms with Gasteiger partial charge in [0.05, 0.1) is 11.7 Å². The van der Waals surface area contributed by atoms with Crippen LogP contribution >= 0.6 is 0 Å². The average Bonchev–Trinajstić information content (AvgIpc) is 2.62. The summed E-state index contributed by atoms with van der Waals surface area (Å²) in [6.07, 6.45) is 6.96. The summed E-state index contributed by atoms with van der Waals surface area (Å²) in [5.74, 6) is 1.18. The molecule has 1 heterocycles. The van der Waals surface area contributed by atoms with Crippen LogP contribution in [0.4, 0.5) is 5.82 Å². The predicted octanol–water partition coefficient (Wildman–Crippen LogP) is 2.27. The van der Waals surface area contributed by atoms with Crippen LogP contribution in [0.15, 0.2) is 6.20 Å². The summed E-state index contributed by atoms with van der Waals surface area (Å²) in [4.78, 5) is 20.4.